The third kappa shape index (κ3) is 3.96. The van der Waals surface area contributed by atoms with Crippen LogP contribution in [0, 0.1) is 33.9 Å². The van der Waals surface area contributed by atoms with Crippen LogP contribution in [0.15, 0.2) is 59.1 Å². The van der Waals surface area contributed by atoms with Crippen LogP contribution in [0.3, 0.4) is 0 Å². The minimum absolute atomic E-state index is 0.00534. The average Bonchev–Trinajstić information content (AvgIpc) is 3.16. The topological polar surface area (TPSA) is 59.3 Å². The molecule has 1 fully saturated rings. The van der Waals surface area contributed by atoms with E-state index in [-0.39, 0.29) is 16.8 Å². The van der Waals surface area contributed by atoms with Crippen LogP contribution in [0.2, 0.25) is 0 Å². The van der Waals surface area contributed by atoms with Crippen molar-refractivity contribution >= 4 is 29.2 Å². The molecule has 2 atom stereocenters. The highest BCUT2D eigenvalue weighted by Gasteiger charge is 2.77. The third-order valence-corrected chi connectivity index (χ3v) is 5.56. The molecule has 3 rings (SSSR count). The summed E-state index contributed by atoms with van der Waals surface area (Å²) in [5.41, 5.74) is -1.51. The van der Waals surface area contributed by atoms with E-state index in [0.29, 0.717) is 11.3 Å². The van der Waals surface area contributed by atoms with Crippen LogP contribution in [0.5, 0.6) is 11.5 Å². The van der Waals surface area contributed by atoms with Gasteiger partial charge in [-0.1, -0.05) is 61.3 Å². The standard InChI is InChI=1S/C22H18Cl2FNO3/c1-21(2)18(11-19(23)24)22(21,13-26)20(27)28-12-14-8-9-16(25)17(10-14)29-15-6-4-3-5-7-15/h3-11,18H,12H2,1-2H3. The van der Waals surface area contributed by atoms with E-state index in [2.05, 4.69) is 6.07 Å². The number of nitrogens with zero attached hydrogens (tertiary/aromatic N) is 1. The molecule has 4 nitrogen and oxygen atoms in total. The van der Waals surface area contributed by atoms with Crippen LogP contribution in [-0.4, -0.2) is 5.97 Å². The Morgan fingerprint density at radius 3 is 2.55 bits per heavy atom. The van der Waals surface area contributed by atoms with E-state index in [0.717, 1.165) is 0 Å². The van der Waals surface area contributed by atoms with Crippen molar-refractivity contribution in [1.82, 2.24) is 0 Å². The first kappa shape index (κ1) is 21.2. The summed E-state index contributed by atoms with van der Waals surface area (Å²) in [6.45, 7) is 3.42. The van der Waals surface area contributed by atoms with E-state index in [4.69, 9.17) is 32.7 Å². The lowest BCUT2D eigenvalue weighted by molar-refractivity contribution is -0.150. The van der Waals surface area contributed by atoms with Crippen molar-refractivity contribution in [1.29, 1.82) is 5.26 Å². The number of carbonyl (C=O) groups excluding carboxylic acids is 1. The van der Waals surface area contributed by atoms with E-state index < -0.39 is 28.5 Å². The number of carbonyl (C=O) groups is 1. The molecule has 0 amide bonds. The van der Waals surface area contributed by atoms with Gasteiger partial charge in [-0.25, -0.2) is 4.39 Å². The molecular weight excluding hydrogens is 416 g/mol. The van der Waals surface area contributed by atoms with Gasteiger partial charge < -0.3 is 9.47 Å². The van der Waals surface area contributed by atoms with E-state index in [1.54, 1.807) is 38.1 Å². The van der Waals surface area contributed by atoms with Gasteiger partial charge in [-0.3, -0.25) is 4.79 Å². The summed E-state index contributed by atoms with van der Waals surface area (Å²) in [6, 6.07) is 15.0. The number of esters is 1. The van der Waals surface area contributed by atoms with Crippen molar-refractivity contribution in [2.45, 2.75) is 20.5 Å². The van der Waals surface area contributed by atoms with Gasteiger partial charge in [0.25, 0.3) is 0 Å². The predicted octanol–water partition coefficient (Wildman–Crippen LogP) is 6.15. The lowest BCUT2D eigenvalue weighted by atomic mass is 9.98. The summed E-state index contributed by atoms with van der Waals surface area (Å²) in [4.78, 5) is 12.7. The monoisotopic (exact) mass is 433 g/mol. The maximum atomic E-state index is 14.1. The van der Waals surface area contributed by atoms with Crippen LogP contribution in [-0.2, 0) is 16.1 Å². The molecule has 2 aromatic rings. The molecule has 0 aliphatic heterocycles. The van der Waals surface area contributed by atoms with Gasteiger partial charge in [-0.15, -0.1) is 0 Å². The Balaban J connectivity index is 1.73. The van der Waals surface area contributed by atoms with Crippen LogP contribution in [0.4, 0.5) is 4.39 Å². The van der Waals surface area contributed by atoms with Gasteiger partial charge in [-0.2, -0.15) is 5.26 Å². The molecule has 2 aromatic carbocycles. The normalized spacial score (nSPS) is 21.6. The summed E-state index contributed by atoms with van der Waals surface area (Å²) < 4.78 is 25.0. The number of nitriles is 1. The van der Waals surface area contributed by atoms with Crippen molar-refractivity contribution in [3.05, 3.63) is 70.5 Å². The molecule has 0 spiro atoms. The number of allylic oxidation sites excluding steroid dienone is 1. The number of ether oxygens (including phenoxy) is 2. The van der Waals surface area contributed by atoms with E-state index in [1.165, 1.54) is 24.3 Å². The van der Waals surface area contributed by atoms with Gasteiger partial charge in [-0.05, 0) is 35.9 Å². The molecule has 150 valence electrons. The largest absolute Gasteiger partial charge is 0.460 e. The van der Waals surface area contributed by atoms with Gasteiger partial charge in [0.15, 0.2) is 17.0 Å². The molecular formula is C22H18Cl2FNO3. The third-order valence-electron chi connectivity index (χ3n) is 5.30. The first-order chi connectivity index (χ1) is 13.7. The lowest BCUT2D eigenvalue weighted by Crippen LogP contribution is -2.23. The van der Waals surface area contributed by atoms with Crippen LogP contribution in [0.1, 0.15) is 19.4 Å². The predicted molar refractivity (Wildman–Crippen MR) is 108 cm³/mol. The quantitative estimate of drug-likeness (QED) is 0.512. The number of rotatable bonds is 6. The lowest BCUT2D eigenvalue weighted by Gasteiger charge is -2.13. The van der Waals surface area contributed by atoms with Gasteiger partial charge in [0.2, 0.25) is 0 Å². The highest BCUT2D eigenvalue weighted by atomic mass is 35.5. The Bertz CT molecular complexity index is 997. The maximum absolute atomic E-state index is 14.1. The molecule has 0 heterocycles. The Labute approximate surface area is 178 Å². The molecule has 0 N–H and O–H groups in total. The summed E-state index contributed by atoms with van der Waals surface area (Å²) in [5, 5.41) is 9.65. The molecule has 2 unspecified atom stereocenters. The molecule has 0 radical (unpaired) electrons. The fraction of sp³-hybridized carbons (Fsp3) is 0.273. The van der Waals surface area contributed by atoms with Crippen LogP contribution in [0.25, 0.3) is 0 Å². The fourth-order valence-corrected chi connectivity index (χ4v) is 3.76. The SMILES string of the molecule is CC1(C)C(C=C(Cl)Cl)C1(C#N)C(=O)OCc1ccc(F)c(Oc2ccccc2)c1. The number of hydrogen-bond donors (Lipinski definition) is 0. The zero-order valence-electron chi connectivity index (χ0n) is 15.8. The molecule has 0 aromatic heterocycles. The van der Waals surface area contributed by atoms with Gasteiger partial charge in [0.05, 0.1) is 6.07 Å². The highest BCUT2D eigenvalue weighted by molar-refractivity contribution is 6.55. The zero-order valence-corrected chi connectivity index (χ0v) is 17.3. The van der Waals surface area contributed by atoms with Crippen LogP contribution >= 0.6 is 23.2 Å². The number of para-hydroxylation sites is 1. The van der Waals surface area contributed by atoms with Gasteiger partial charge >= 0.3 is 5.97 Å². The van der Waals surface area contributed by atoms with Crippen LogP contribution < -0.4 is 4.74 Å². The highest BCUT2D eigenvalue weighted by Crippen LogP contribution is 2.70. The first-order valence-electron chi connectivity index (χ1n) is 8.85. The van der Waals surface area contributed by atoms with E-state index in [1.807, 2.05) is 6.07 Å². The summed E-state index contributed by atoms with van der Waals surface area (Å²) in [5.74, 6) is -1.17. The minimum atomic E-state index is -1.37. The van der Waals surface area contributed by atoms with Crippen molar-refractivity contribution in [3.63, 3.8) is 0 Å². The summed E-state index contributed by atoms with van der Waals surface area (Å²) in [7, 11) is 0. The Morgan fingerprint density at radius 1 is 1.24 bits per heavy atom. The molecule has 0 bridgehead atoms. The van der Waals surface area contributed by atoms with Crippen molar-refractivity contribution in [3.8, 4) is 17.6 Å². The molecule has 1 aliphatic carbocycles. The molecule has 1 saturated carbocycles. The smallest absolute Gasteiger partial charge is 0.328 e. The number of halogens is 3. The Kier molecular flexibility index (Phi) is 5.88. The van der Waals surface area contributed by atoms with E-state index in [9.17, 15) is 14.4 Å². The van der Waals surface area contributed by atoms with E-state index >= 15 is 0 Å². The van der Waals surface area contributed by atoms with Gasteiger partial charge in [0, 0.05) is 11.3 Å². The van der Waals surface area contributed by atoms with Crippen molar-refractivity contribution in [2.24, 2.45) is 16.7 Å². The Hall–Kier alpha value is -2.55. The maximum Gasteiger partial charge on any atom is 0.328 e. The second-order valence-corrected chi connectivity index (χ2v) is 8.34. The Morgan fingerprint density at radius 2 is 1.93 bits per heavy atom. The molecule has 1 aliphatic rings. The summed E-state index contributed by atoms with van der Waals surface area (Å²) in [6.07, 6.45) is 1.48. The summed E-state index contributed by atoms with van der Waals surface area (Å²) >= 11 is 11.4. The van der Waals surface area contributed by atoms with Crippen molar-refractivity contribution < 1.29 is 18.7 Å². The fourth-order valence-electron chi connectivity index (χ4n) is 3.51. The van der Waals surface area contributed by atoms with Gasteiger partial charge in [0.1, 0.15) is 16.8 Å². The van der Waals surface area contributed by atoms with Crippen molar-refractivity contribution in [2.75, 3.05) is 0 Å². The second-order valence-electron chi connectivity index (χ2n) is 7.33. The number of benzene rings is 2. The zero-order chi connectivity index (χ0) is 21.2. The first-order valence-corrected chi connectivity index (χ1v) is 9.60. The molecule has 29 heavy (non-hydrogen) atoms. The average molecular weight is 434 g/mol. The minimum Gasteiger partial charge on any atom is -0.460 e. The second kappa shape index (κ2) is 8.06. The molecule has 0 saturated heterocycles. The molecule has 7 heteroatoms. The number of hydrogen-bond acceptors (Lipinski definition) is 4.